The zero-order valence-corrected chi connectivity index (χ0v) is 20.1. The summed E-state index contributed by atoms with van der Waals surface area (Å²) < 4.78 is 24.3. The van der Waals surface area contributed by atoms with Crippen LogP contribution in [0.4, 0.5) is 5.82 Å². The molecule has 6 N–H and O–H groups in total. The van der Waals surface area contributed by atoms with Crippen molar-refractivity contribution >= 4 is 36.0 Å². The number of aliphatic hydroxyl groups is 3. The molecule has 2 aromatic rings. The molecule has 0 bridgehead atoms. The molecule has 4 rings (SSSR count). The summed E-state index contributed by atoms with van der Waals surface area (Å²) in [6, 6.07) is 0.258. The molecule has 0 radical (unpaired) electrons. The van der Waals surface area contributed by atoms with Gasteiger partial charge in [-0.15, -0.1) is 0 Å². The Balaban J connectivity index is 1.56. The van der Waals surface area contributed by atoms with Crippen LogP contribution >= 0.6 is 19.2 Å². The Bertz CT molecular complexity index is 1060. The summed E-state index contributed by atoms with van der Waals surface area (Å²) in [7, 11) is -4.85. The third kappa shape index (κ3) is 4.69. The number of fused-ring (bicyclic) bond motifs is 1. The van der Waals surface area contributed by atoms with Gasteiger partial charge in [0.1, 0.15) is 24.1 Å². The molecule has 1 aliphatic carbocycles. The van der Waals surface area contributed by atoms with E-state index in [9.17, 15) is 29.7 Å². The Hall–Kier alpha value is -1.41. The lowest BCUT2D eigenvalue weighted by atomic mass is 10.1. The number of halogens is 1. The summed E-state index contributed by atoms with van der Waals surface area (Å²) in [4.78, 5) is 27.7. The molecular weight excluding hydrogens is 493 g/mol. The van der Waals surface area contributed by atoms with E-state index in [1.165, 1.54) is 17.8 Å². The first-order valence-corrected chi connectivity index (χ1v) is 13.1. The van der Waals surface area contributed by atoms with Crippen LogP contribution in [0.15, 0.2) is 6.20 Å². The minimum Gasteiger partial charge on any atom is -0.393 e. The second-order valence-corrected chi connectivity index (χ2v) is 10.9. The van der Waals surface area contributed by atoms with Crippen molar-refractivity contribution in [2.24, 2.45) is 0 Å². The zero-order valence-electron chi connectivity index (χ0n) is 18.5. The summed E-state index contributed by atoms with van der Waals surface area (Å²) >= 11 is 6.14. The summed E-state index contributed by atoms with van der Waals surface area (Å²) in [5, 5.41) is 36.8. The molecule has 0 amide bonds. The predicted octanol–water partition coefficient (Wildman–Crippen LogP) is 0.746. The number of aromatic nitrogens is 4. The van der Waals surface area contributed by atoms with Gasteiger partial charge >= 0.3 is 7.60 Å². The minimum absolute atomic E-state index is 0.0278. The van der Waals surface area contributed by atoms with E-state index in [1.807, 2.05) is 0 Å². The number of anilines is 1. The summed E-state index contributed by atoms with van der Waals surface area (Å²) in [6.07, 6.45) is 0.368. The Kier molecular flexibility index (Phi) is 7.49. The van der Waals surface area contributed by atoms with Crippen LogP contribution in [0.3, 0.4) is 0 Å². The second kappa shape index (κ2) is 9.92. The molecule has 1 saturated carbocycles. The first kappa shape index (κ1) is 25.7. The number of hydrogen-bond donors (Lipinski definition) is 6. The van der Waals surface area contributed by atoms with Crippen molar-refractivity contribution in [1.82, 2.24) is 19.7 Å². The van der Waals surface area contributed by atoms with Crippen molar-refractivity contribution in [3.05, 3.63) is 11.5 Å². The normalized spacial score (nSPS) is 28.0. The molecule has 1 saturated heterocycles. The Morgan fingerprint density at radius 1 is 1.29 bits per heavy atom. The van der Waals surface area contributed by atoms with Crippen molar-refractivity contribution in [2.75, 3.05) is 18.5 Å². The van der Waals surface area contributed by atoms with E-state index in [0.717, 1.165) is 25.7 Å². The van der Waals surface area contributed by atoms with Crippen molar-refractivity contribution in [3.8, 4) is 0 Å². The van der Waals surface area contributed by atoms with Crippen LogP contribution in [0.5, 0.6) is 0 Å². The highest BCUT2D eigenvalue weighted by Crippen LogP contribution is 2.53. The first-order chi connectivity index (χ1) is 16.1. The molecule has 2 fully saturated rings. The Morgan fingerprint density at radius 3 is 2.62 bits per heavy atom. The Morgan fingerprint density at radius 2 is 2.00 bits per heavy atom. The van der Waals surface area contributed by atoms with Gasteiger partial charge < -0.3 is 39.9 Å². The van der Waals surface area contributed by atoms with Crippen LogP contribution in [0.1, 0.15) is 45.3 Å². The molecule has 13 nitrogen and oxygen atoms in total. The molecule has 15 heteroatoms. The monoisotopic (exact) mass is 521 g/mol. The third-order valence-corrected chi connectivity index (χ3v) is 8.36. The number of nitrogens with zero attached hydrogens (tertiary/aromatic N) is 4. The number of nitrogens with one attached hydrogen (secondary N) is 1. The largest absolute Gasteiger partial charge is 0.393 e. The first-order valence-electron chi connectivity index (χ1n) is 11.1. The van der Waals surface area contributed by atoms with Crippen molar-refractivity contribution in [2.45, 2.75) is 75.0 Å². The summed E-state index contributed by atoms with van der Waals surface area (Å²) in [5.74, 6) is 0.512. The van der Waals surface area contributed by atoms with Crippen LogP contribution in [0, 0.1) is 0 Å². The third-order valence-electron chi connectivity index (χ3n) is 6.55. The smallest absolute Gasteiger partial charge is 0.359 e. The summed E-state index contributed by atoms with van der Waals surface area (Å²) in [5.41, 5.74) is 0.284. The van der Waals surface area contributed by atoms with E-state index in [2.05, 4.69) is 20.4 Å². The fourth-order valence-electron chi connectivity index (χ4n) is 4.41. The molecule has 2 aromatic heterocycles. The number of aliphatic hydroxyl groups excluding tert-OH is 3. The molecule has 1 aliphatic heterocycles. The molecule has 5 atom stereocenters. The van der Waals surface area contributed by atoms with Crippen molar-refractivity contribution in [1.29, 1.82) is 0 Å². The molecule has 3 heterocycles. The van der Waals surface area contributed by atoms with E-state index < -0.39 is 50.7 Å². The fourth-order valence-corrected chi connectivity index (χ4v) is 5.41. The lowest BCUT2D eigenvalue weighted by Crippen LogP contribution is -2.41. The standard InChI is InChI=1S/C19H29ClN5O8P/c1-2-19(9-26,34(29,30)31)32-8-12-13(27)14(28)17(33-12)25-16-11(7-21-25)15(23-18(20)24-16)22-10-5-3-4-6-10/h7,10,12-14,17,26-28H,2-6,8-9H2,1H3,(H,22,23,24)(H2,29,30,31)/t12?,13-,14-,17-,19?/m1/s1. The fraction of sp³-hybridized carbons (Fsp3) is 0.737. The van der Waals surface area contributed by atoms with Crippen LogP contribution in [-0.2, 0) is 14.0 Å². The molecule has 190 valence electrons. The van der Waals surface area contributed by atoms with Gasteiger partial charge in [-0.25, -0.2) is 4.68 Å². The van der Waals surface area contributed by atoms with Gasteiger partial charge in [0, 0.05) is 6.04 Å². The lowest BCUT2D eigenvalue weighted by molar-refractivity contribution is -0.110. The average Bonchev–Trinajstić information content (AvgIpc) is 3.50. The predicted molar refractivity (Wildman–Crippen MR) is 120 cm³/mol. The van der Waals surface area contributed by atoms with Crippen LogP contribution < -0.4 is 5.32 Å². The van der Waals surface area contributed by atoms with Gasteiger partial charge in [0.05, 0.1) is 24.8 Å². The second-order valence-electron chi connectivity index (χ2n) is 8.65. The maximum Gasteiger partial charge on any atom is 0.359 e. The molecular formula is C19H29ClN5O8P. The highest BCUT2D eigenvalue weighted by molar-refractivity contribution is 7.53. The highest BCUT2D eigenvalue weighted by Gasteiger charge is 2.50. The van der Waals surface area contributed by atoms with Gasteiger partial charge in [-0.3, -0.25) is 4.57 Å². The van der Waals surface area contributed by atoms with Crippen LogP contribution in [0.2, 0.25) is 5.28 Å². The van der Waals surface area contributed by atoms with E-state index >= 15 is 0 Å². The van der Waals surface area contributed by atoms with Crippen LogP contribution in [-0.4, -0.2) is 87.8 Å². The average molecular weight is 522 g/mol. The van der Waals surface area contributed by atoms with Gasteiger partial charge in [-0.2, -0.15) is 15.1 Å². The maximum atomic E-state index is 11.9. The number of hydrogen-bond acceptors (Lipinski definition) is 10. The lowest BCUT2D eigenvalue weighted by Gasteiger charge is -2.32. The van der Waals surface area contributed by atoms with Gasteiger partial charge in [-0.05, 0) is 30.9 Å². The topological polar surface area (TPSA) is 192 Å². The molecule has 2 aliphatic rings. The van der Waals surface area contributed by atoms with Crippen LogP contribution in [0.25, 0.3) is 11.0 Å². The van der Waals surface area contributed by atoms with E-state index in [1.54, 1.807) is 0 Å². The van der Waals surface area contributed by atoms with Crippen molar-refractivity contribution in [3.63, 3.8) is 0 Å². The molecule has 34 heavy (non-hydrogen) atoms. The zero-order chi connectivity index (χ0) is 24.7. The minimum atomic E-state index is -4.85. The number of ether oxygens (including phenoxy) is 2. The highest BCUT2D eigenvalue weighted by atomic mass is 35.5. The SMILES string of the molecule is CCC(CO)(OCC1O[C@@H](n2ncc3c(NC4CCCC4)nc(Cl)nc32)[C@H](O)[C@@H]1O)P(=O)(O)O. The molecule has 0 aromatic carbocycles. The Labute approximate surface area is 200 Å². The van der Waals surface area contributed by atoms with Gasteiger partial charge in [0.15, 0.2) is 17.2 Å². The van der Waals surface area contributed by atoms with E-state index in [-0.39, 0.29) is 23.4 Å². The van der Waals surface area contributed by atoms with Gasteiger partial charge in [-0.1, -0.05) is 19.8 Å². The van der Waals surface area contributed by atoms with Gasteiger partial charge in [0.2, 0.25) is 5.28 Å². The molecule has 0 spiro atoms. The van der Waals surface area contributed by atoms with Gasteiger partial charge in [0.25, 0.3) is 0 Å². The quantitative estimate of drug-likeness (QED) is 0.200. The van der Waals surface area contributed by atoms with Crippen molar-refractivity contribution < 1.29 is 39.1 Å². The van der Waals surface area contributed by atoms with E-state index in [0.29, 0.717) is 11.2 Å². The summed E-state index contributed by atoms with van der Waals surface area (Å²) in [6.45, 7) is 0.0334. The van der Waals surface area contributed by atoms with E-state index in [4.69, 9.17) is 21.1 Å². The molecule has 2 unspecified atom stereocenters. The number of rotatable bonds is 9. The maximum absolute atomic E-state index is 11.9.